The zero-order valence-electron chi connectivity index (χ0n) is 9.63. The predicted molar refractivity (Wildman–Crippen MR) is 58.9 cm³/mol. The second kappa shape index (κ2) is 4.31. The molecule has 1 saturated heterocycles. The number of carbonyl (C=O) groups is 3. The van der Waals surface area contributed by atoms with E-state index in [0.717, 1.165) is 4.90 Å². The number of allylic oxidation sites excluding steroid dienone is 2. The number of amides is 2. The summed E-state index contributed by atoms with van der Waals surface area (Å²) in [5.41, 5.74) is 0. The lowest BCUT2D eigenvalue weighted by molar-refractivity contribution is -0.155. The van der Waals surface area contributed by atoms with Gasteiger partial charge in [0.05, 0.1) is 11.8 Å². The third-order valence-electron chi connectivity index (χ3n) is 3.53. The fourth-order valence-corrected chi connectivity index (χ4v) is 2.60. The molecule has 1 unspecified atom stereocenters. The van der Waals surface area contributed by atoms with E-state index in [9.17, 15) is 14.4 Å². The van der Waals surface area contributed by atoms with E-state index in [-0.39, 0.29) is 30.1 Å². The largest absolute Gasteiger partial charge is 0.480 e. The molecule has 0 spiro atoms. The number of hydrogen-bond donors (Lipinski definition) is 1. The van der Waals surface area contributed by atoms with E-state index in [1.54, 1.807) is 6.92 Å². The molecule has 1 heterocycles. The highest BCUT2D eigenvalue weighted by Crippen LogP contribution is 2.36. The Kier molecular flexibility index (Phi) is 3.00. The normalized spacial score (nSPS) is 29.4. The second-order valence-corrected chi connectivity index (χ2v) is 4.46. The molecule has 5 heteroatoms. The molecule has 2 rings (SSSR count). The van der Waals surface area contributed by atoms with E-state index < -0.39 is 12.0 Å². The minimum atomic E-state index is -1.11. The van der Waals surface area contributed by atoms with Gasteiger partial charge in [-0.3, -0.25) is 14.5 Å². The highest BCUT2D eigenvalue weighted by molar-refractivity contribution is 6.07. The number of carbonyl (C=O) groups excluding carboxylic acids is 2. The molecule has 17 heavy (non-hydrogen) atoms. The predicted octanol–water partition coefficient (Wildman–Crippen LogP) is 0.801. The molecule has 0 bridgehead atoms. The van der Waals surface area contributed by atoms with Gasteiger partial charge in [0.25, 0.3) is 0 Å². The summed E-state index contributed by atoms with van der Waals surface area (Å²) in [7, 11) is 0. The highest BCUT2D eigenvalue weighted by Gasteiger charge is 2.50. The standard InChI is InChI=1S/C12H15NO4/c1-2-9(12(16)17)13-10(14)7-5-3-4-6-8(7)11(13)15/h3-4,7-9H,2,5-6H2,1H3,(H,16,17)/t7-,8+,9?. The van der Waals surface area contributed by atoms with Crippen LogP contribution in [0.4, 0.5) is 0 Å². The van der Waals surface area contributed by atoms with E-state index in [4.69, 9.17) is 5.11 Å². The Morgan fingerprint density at radius 2 is 1.82 bits per heavy atom. The lowest BCUT2D eigenvalue weighted by Crippen LogP contribution is -2.45. The zero-order chi connectivity index (χ0) is 12.6. The average Bonchev–Trinajstić information content (AvgIpc) is 2.56. The van der Waals surface area contributed by atoms with Crippen LogP contribution in [0, 0.1) is 11.8 Å². The molecule has 0 saturated carbocycles. The van der Waals surface area contributed by atoms with Gasteiger partial charge in [0.15, 0.2) is 0 Å². The molecule has 5 nitrogen and oxygen atoms in total. The van der Waals surface area contributed by atoms with Gasteiger partial charge in [0, 0.05) is 0 Å². The van der Waals surface area contributed by atoms with Crippen molar-refractivity contribution >= 4 is 17.8 Å². The Balaban J connectivity index is 2.28. The molecule has 2 amide bonds. The Morgan fingerprint density at radius 3 is 2.18 bits per heavy atom. The molecular weight excluding hydrogens is 222 g/mol. The van der Waals surface area contributed by atoms with Gasteiger partial charge < -0.3 is 5.11 Å². The van der Waals surface area contributed by atoms with Crippen LogP contribution in [0.3, 0.4) is 0 Å². The van der Waals surface area contributed by atoms with Crippen molar-refractivity contribution in [3.8, 4) is 0 Å². The quantitative estimate of drug-likeness (QED) is 0.582. The van der Waals surface area contributed by atoms with Crippen molar-refractivity contribution in [2.24, 2.45) is 11.8 Å². The smallest absolute Gasteiger partial charge is 0.326 e. The zero-order valence-corrected chi connectivity index (χ0v) is 9.63. The lowest BCUT2D eigenvalue weighted by atomic mass is 9.85. The maximum atomic E-state index is 12.1. The molecule has 1 N–H and O–H groups in total. The average molecular weight is 237 g/mol. The molecule has 1 aliphatic carbocycles. The highest BCUT2D eigenvalue weighted by atomic mass is 16.4. The van der Waals surface area contributed by atoms with Crippen LogP contribution in [0.1, 0.15) is 26.2 Å². The summed E-state index contributed by atoms with van der Waals surface area (Å²) in [5, 5.41) is 9.04. The topological polar surface area (TPSA) is 74.7 Å². The van der Waals surface area contributed by atoms with Crippen LogP contribution in [0.2, 0.25) is 0 Å². The first-order chi connectivity index (χ1) is 8.07. The molecule has 1 aliphatic heterocycles. The van der Waals surface area contributed by atoms with Crippen molar-refractivity contribution in [2.75, 3.05) is 0 Å². The maximum absolute atomic E-state index is 12.1. The molecule has 92 valence electrons. The molecule has 0 aromatic rings. The summed E-state index contributed by atoms with van der Waals surface area (Å²) >= 11 is 0. The van der Waals surface area contributed by atoms with Crippen molar-refractivity contribution in [1.29, 1.82) is 0 Å². The molecule has 2 aliphatic rings. The molecule has 0 radical (unpaired) electrons. The summed E-state index contributed by atoms with van der Waals surface area (Å²) in [4.78, 5) is 36.1. The van der Waals surface area contributed by atoms with Crippen LogP contribution in [-0.4, -0.2) is 33.8 Å². The summed E-state index contributed by atoms with van der Waals surface area (Å²) in [5.74, 6) is -2.44. The third kappa shape index (κ3) is 1.75. The number of carboxylic acids is 1. The van der Waals surface area contributed by atoms with E-state index in [1.165, 1.54) is 0 Å². The number of hydrogen-bond acceptors (Lipinski definition) is 3. The number of fused-ring (bicyclic) bond motifs is 1. The molecule has 0 aromatic heterocycles. The molecule has 3 atom stereocenters. The molecule has 1 fully saturated rings. The fraction of sp³-hybridized carbons (Fsp3) is 0.583. The van der Waals surface area contributed by atoms with Crippen LogP contribution < -0.4 is 0 Å². The van der Waals surface area contributed by atoms with Crippen molar-refractivity contribution < 1.29 is 19.5 Å². The van der Waals surface area contributed by atoms with Crippen molar-refractivity contribution in [1.82, 2.24) is 4.90 Å². The number of likely N-dealkylation sites (tertiary alicyclic amines) is 1. The van der Waals surface area contributed by atoms with Crippen molar-refractivity contribution in [3.05, 3.63) is 12.2 Å². The van der Waals surface area contributed by atoms with Gasteiger partial charge in [-0.2, -0.15) is 0 Å². The number of aliphatic carboxylic acids is 1. The van der Waals surface area contributed by atoms with Crippen LogP contribution in [0.15, 0.2) is 12.2 Å². The number of rotatable bonds is 3. The van der Waals surface area contributed by atoms with Gasteiger partial charge in [0.1, 0.15) is 6.04 Å². The van der Waals surface area contributed by atoms with Gasteiger partial charge in [-0.25, -0.2) is 4.79 Å². The van der Waals surface area contributed by atoms with E-state index >= 15 is 0 Å². The Bertz CT molecular complexity index is 375. The number of nitrogens with zero attached hydrogens (tertiary/aromatic N) is 1. The monoisotopic (exact) mass is 237 g/mol. The van der Waals surface area contributed by atoms with Gasteiger partial charge in [-0.1, -0.05) is 19.1 Å². The SMILES string of the molecule is CCC(C(=O)O)N1C(=O)[C@H]2CC=CC[C@H]2C1=O. The minimum absolute atomic E-state index is 0.250. The maximum Gasteiger partial charge on any atom is 0.326 e. The number of imide groups is 1. The first kappa shape index (κ1) is 11.8. The van der Waals surface area contributed by atoms with Crippen LogP contribution in [0.5, 0.6) is 0 Å². The van der Waals surface area contributed by atoms with Gasteiger partial charge >= 0.3 is 5.97 Å². The van der Waals surface area contributed by atoms with E-state index in [2.05, 4.69) is 0 Å². The van der Waals surface area contributed by atoms with Crippen molar-refractivity contribution in [3.63, 3.8) is 0 Å². The van der Waals surface area contributed by atoms with Crippen LogP contribution in [0.25, 0.3) is 0 Å². The van der Waals surface area contributed by atoms with Crippen LogP contribution in [-0.2, 0) is 14.4 Å². The second-order valence-electron chi connectivity index (χ2n) is 4.46. The lowest BCUT2D eigenvalue weighted by Gasteiger charge is -2.21. The molecular formula is C12H15NO4. The van der Waals surface area contributed by atoms with Crippen molar-refractivity contribution in [2.45, 2.75) is 32.2 Å². The number of carboxylic acid groups (broad SMARTS) is 1. The Hall–Kier alpha value is -1.65. The van der Waals surface area contributed by atoms with Gasteiger partial charge in [-0.05, 0) is 19.3 Å². The summed E-state index contributed by atoms with van der Waals surface area (Å²) in [6.07, 6.45) is 5.11. The summed E-state index contributed by atoms with van der Waals surface area (Å²) in [6, 6.07) is -1.01. The summed E-state index contributed by atoms with van der Waals surface area (Å²) in [6.45, 7) is 1.67. The first-order valence-electron chi connectivity index (χ1n) is 5.82. The minimum Gasteiger partial charge on any atom is -0.480 e. The van der Waals surface area contributed by atoms with Gasteiger partial charge in [-0.15, -0.1) is 0 Å². The van der Waals surface area contributed by atoms with Crippen LogP contribution >= 0.6 is 0 Å². The third-order valence-corrected chi connectivity index (χ3v) is 3.53. The van der Waals surface area contributed by atoms with Gasteiger partial charge in [0.2, 0.25) is 11.8 Å². The van der Waals surface area contributed by atoms with E-state index in [0.29, 0.717) is 12.8 Å². The summed E-state index contributed by atoms with van der Waals surface area (Å²) < 4.78 is 0. The fourth-order valence-electron chi connectivity index (χ4n) is 2.60. The first-order valence-corrected chi connectivity index (χ1v) is 5.82. The Morgan fingerprint density at radius 1 is 1.35 bits per heavy atom. The molecule has 0 aromatic carbocycles. The van der Waals surface area contributed by atoms with E-state index in [1.807, 2.05) is 12.2 Å². The Labute approximate surface area is 99.1 Å².